The van der Waals surface area contributed by atoms with Gasteiger partial charge in [-0.3, -0.25) is 24.0 Å². The topological polar surface area (TPSA) is 292 Å². The van der Waals surface area contributed by atoms with Gasteiger partial charge < -0.3 is 70.9 Å². The van der Waals surface area contributed by atoms with Crippen molar-refractivity contribution in [2.75, 3.05) is 33.0 Å². The van der Waals surface area contributed by atoms with Gasteiger partial charge in [0.05, 0.1) is 25.9 Å². The van der Waals surface area contributed by atoms with Crippen molar-refractivity contribution in [1.29, 1.82) is 0 Å². The van der Waals surface area contributed by atoms with Crippen LogP contribution in [0.4, 0.5) is 0 Å². The molecule has 2 aliphatic heterocycles. The lowest BCUT2D eigenvalue weighted by molar-refractivity contribution is -0.270. The third kappa shape index (κ3) is 15.2. The smallest absolute Gasteiger partial charge is 0.220 e. The van der Waals surface area contributed by atoms with Gasteiger partial charge >= 0.3 is 0 Å². The fraction of sp³-hybridized carbons (Fsp3) is 0.848. The average Bonchev–Trinajstić information content (AvgIpc) is 3.09. The van der Waals surface area contributed by atoms with E-state index in [4.69, 9.17) is 18.9 Å². The number of nitrogens with one attached hydrogen (secondary N) is 4. The minimum absolute atomic E-state index is 0.00822. The number of ketones is 1. The molecule has 11 unspecified atom stereocenters. The zero-order valence-electron chi connectivity index (χ0n) is 30.1. The summed E-state index contributed by atoms with van der Waals surface area (Å²) in [6, 6.07) is -2.80. The van der Waals surface area contributed by atoms with E-state index in [1.165, 1.54) is 20.8 Å². The average molecular weight is 751 g/mol. The van der Waals surface area contributed by atoms with Gasteiger partial charge in [-0.05, 0) is 45.4 Å². The monoisotopic (exact) mass is 750 g/mol. The van der Waals surface area contributed by atoms with Crippen LogP contribution in [0, 0.1) is 0 Å². The molecule has 0 aromatic rings. The van der Waals surface area contributed by atoms with E-state index in [0.717, 1.165) is 0 Å². The molecule has 0 aromatic carbocycles. The number of rotatable bonds is 23. The number of aliphatic hydroxyl groups is 6. The van der Waals surface area contributed by atoms with Crippen LogP contribution >= 0.6 is 0 Å². The molecule has 2 fully saturated rings. The molecule has 10 N–H and O–H groups in total. The number of aliphatic hydroxyl groups excluding tert-OH is 6. The highest BCUT2D eigenvalue weighted by molar-refractivity contribution is 5.87. The van der Waals surface area contributed by atoms with Crippen molar-refractivity contribution in [2.24, 2.45) is 0 Å². The van der Waals surface area contributed by atoms with Crippen LogP contribution < -0.4 is 21.3 Å². The fourth-order valence-electron chi connectivity index (χ4n) is 5.86. The van der Waals surface area contributed by atoms with E-state index in [1.807, 2.05) is 0 Å². The van der Waals surface area contributed by atoms with Crippen LogP contribution in [0.25, 0.3) is 0 Å². The Morgan fingerprint density at radius 1 is 0.635 bits per heavy atom. The number of hydrogen-bond acceptors (Lipinski definition) is 15. The maximum absolute atomic E-state index is 12.5. The number of Topliss-reactive ketones (excluding diaryl/α,β-unsaturated/α-hetero) is 1. The van der Waals surface area contributed by atoms with Crippen LogP contribution in [0.3, 0.4) is 0 Å². The highest BCUT2D eigenvalue weighted by atomic mass is 16.7. The zero-order chi connectivity index (χ0) is 38.8. The normalized spacial score (nSPS) is 29.5. The largest absolute Gasteiger partial charge is 0.394 e. The van der Waals surface area contributed by atoms with Crippen molar-refractivity contribution in [3.05, 3.63) is 0 Å². The third-order valence-corrected chi connectivity index (χ3v) is 8.73. The summed E-state index contributed by atoms with van der Waals surface area (Å²) in [5, 5.41) is 70.1. The van der Waals surface area contributed by atoms with Gasteiger partial charge in [0.1, 0.15) is 48.7 Å². The van der Waals surface area contributed by atoms with Crippen LogP contribution in [0.5, 0.6) is 0 Å². The summed E-state index contributed by atoms with van der Waals surface area (Å²) in [4.78, 5) is 60.0. The van der Waals surface area contributed by atoms with Crippen LogP contribution in [0.2, 0.25) is 0 Å². The summed E-state index contributed by atoms with van der Waals surface area (Å²) in [7, 11) is 0. The summed E-state index contributed by atoms with van der Waals surface area (Å²) in [5.74, 6) is -1.66. The van der Waals surface area contributed by atoms with Gasteiger partial charge in [-0.2, -0.15) is 0 Å². The fourth-order valence-corrected chi connectivity index (χ4v) is 5.86. The molecule has 11 atom stereocenters. The van der Waals surface area contributed by atoms with Gasteiger partial charge in [-0.15, -0.1) is 0 Å². The lowest BCUT2D eigenvalue weighted by Crippen LogP contribution is -2.64. The summed E-state index contributed by atoms with van der Waals surface area (Å²) >= 11 is 0. The molecule has 4 amide bonds. The number of hydrogen-bond donors (Lipinski definition) is 10. The van der Waals surface area contributed by atoms with Crippen LogP contribution in [0.15, 0.2) is 0 Å². The van der Waals surface area contributed by atoms with Crippen LogP contribution in [-0.4, -0.2) is 160 Å². The molecule has 0 bridgehead atoms. The Bertz CT molecular complexity index is 1130. The number of unbranched alkanes of at least 4 members (excludes halogenated alkanes) is 3. The van der Waals surface area contributed by atoms with Crippen LogP contribution in [0.1, 0.15) is 78.6 Å². The molecule has 0 saturated carbocycles. The van der Waals surface area contributed by atoms with E-state index < -0.39 is 92.4 Å². The van der Waals surface area contributed by atoms with Crippen molar-refractivity contribution < 1.29 is 73.6 Å². The number of carbonyl (C=O) groups excluding carboxylic acids is 5. The summed E-state index contributed by atoms with van der Waals surface area (Å²) in [6.45, 7) is 3.32. The van der Waals surface area contributed by atoms with E-state index in [2.05, 4.69) is 21.3 Å². The molecule has 0 aromatic heterocycles. The quantitative estimate of drug-likeness (QED) is 0.0456. The van der Waals surface area contributed by atoms with Crippen molar-refractivity contribution in [3.8, 4) is 0 Å². The van der Waals surface area contributed by atoms with Gasteiger partial charge in [0.25, 0.3) is 0 Å². The third-order valence-electron chi connectivity index (χ3n) is 8.73. The van der Waals surface area contributed by atoms with Gasteiger partial charge in [0.2, 0.25) is 23.6 Å². The number of amides is 4. The molecule has 2 saturated heterocycles. The molecule has 2 heterocycles. The first-order chi connectivity index (χ1) is 24.7. The summed E-state index contributed by atoms with van der Waals surface area (Å²) < 4.78 is 22.3. The second-order valence-corrected chi connectivity index (χ2v) is 13.1. The SMILES string of the molecule is CC(=O)NC1C(OCCCCCC(=O)NCCCCC(NC(=O)CCCOC2OC(CO)C(O)C(O)C2NC(C)=O)C(C)=O)OC(CO)C(O)C1O. The van der Waals surface area contributed by atoms with Crippen molar-refractivity contribution in [1.82, 2.24) is 21.3 Å². The van der Waals surface area contributed by atoms with E-state index in [9.17, 15) is 54.6 Å². The van der Waals surface area contributed by atoms with Gasteiger partial charge in [-0.25, -0.2) is 0 Å². The first kappa shape index (κ1) is 45.3. The second kappa shape index (κ2) is 23.7. The Morgan fingerprint density at radius 3 is 1.62 bits per heavy atom. The van der Waals surface area contributed by atoms with Gasteiger partial charge in [0, 0.05) is 39.8 Å². The summed E-state index contributed by atoms with van der Waals surface area (Å²) in [5.41, 5.74) is 0. The van der Waals surface area contributed by atoms with Crippen molar-refractivity contribution >= 4 is 29.4 Å². The van der Waals surface area contributed by atoms with E-state index in [0.29, 0.717) is 45.1 Å². The van der Waals surface area contributed by atoms with Crippen molar-refractivity contribution in [3.63, 3.8) is 0 Å². The number of carbonyl (C=O) groups is 5. The molecule has 0 radical (unpaired) electrons. The zero-order valence-corrected chi connectivity index (χ0v) is 30.1. The Morgan fingerprint density at radius 2 is 1.13 bits per heavy atom. The first-order valence-electron chi connectivity index (χ1n) is 17.8. The predicted molar refractivity (Wildman–Crippen MR) is 180 cm³/mol. The molecule has 19 nitrogen and oxygen atoms in total. The molecule has 0 aliphatic carbocycles. The minimum atomic E-state index is -1.45. The lowest BCUT2D eigenvalue weighted by Gasteiger charge is -2.42. The van der Waals surface area contributed by atoms with E-state index in [1.54, 1.807) is 0 Å². The highest BCUT2D eigenvalue weighted by Crippen LogP contribution is 2.24. The maximum atomic E-state index is 12.5. The Kier molecular flexibility index (Phi) is 20.7. The van der Waals surface area contributed by atoms with Crippen molar-refractivity contribution in [2.45, 2.75) is 146 Å². The minimum Gasteiger partial charge on any atom is -0.394 e. The predicted octanol–water partition coefficient (Wildman–Crippen LogP) is -3.39. The van der Waals surface area contributed by atoms with E-state index >= 15 is 0 Å². The van der Waals surface area contributed by atoms with E-state index in [-0.39, 0.29) is 50.1 Å². The first-order valence-corrected chi connectivity index (χ1v) is 17.8. The second-order valence-electron chi connectivity index (χ2n) is 13.1. The molecule has 52 heavy (non-hydrogen) atoms. The lowest BCUT2D eigenvalue weighted by atomic mass is 9.97. The molecular weight excluding hydrogens is 692 g/mol. The maximum Gasteiger partial charge on any atom is 0.220 e. The standard InChI is InChI=1S/C33H58N4O15/c1-18(40)21(37-25(44)12-9-15-50-33-27(36-20(3)42)31(48)29(46)23(17-39)52-33)10-6-7-13-34-24(43)11-5-4-8-14-49-32-26(35-19(2)41)30(47)28(45)22(16-38)51-32/h21-23,26-33,38-39,45-48H,4-17H2,1-3H3,(H,34,43)(H,35,41)(H,36,42)(H,37,44). The molecule has 19 heteroatoms. The number of ether oxygens (including phenoxy) is 4. The molecule has 0 spiro atoms. The molecular formula is C33H58N4O15. The summed E-state index contributed by atoms with van der Waals surface area (Å²) in [6.07, 6.45) is -6.25. The molecule has 2 rings (SSSR count). The molecule has 2 aliphatic rings. The van der Waals surface area contributed by atoms with Crippen LogP contribution in [-0.2, 0) is 42.9 Å². The Hall–Kier alpha value is -2.85. The van der Waals surface area contributed by atoms with Gasteiger partial charge in [0.15, 0.2) is 18.4 Å². The highest BCUT2D eigenvalue weighted by Gasteiger charge is 2.46. The molecule has 300 valence electrons. The Labute approximate surface area is 303 Å². The Balaban J connectivity index is 1.60. The van der Waals surface area contributed by atoms with Gasteiger partial charge in [-0.1, -0.05) is 6.42 Å².